The van der Waals surface area contributed by atoms with E-state index >= 15 is 0 Å². The summed E-state index contributed by atoms with van der Waals surface area (Å²) >= 11 is 0. The van der Waals surface area contributed by atoms with Crippen LogP contribution in [0.5, 0.6) is 0 Å². The molecule has 1 fully saturated rings. The Labute approximate surface area is 109 Å². The van der Waals surface area contributed by atoms with E-state index in [1.807, 2.05) is 6.92 Å². The molecular weight excluding hydrogens is 230 g/mol. The Kier molecular flexibility index (Phi) is 7.41. The van der Waals surface area contributed by atoms with Gasteiger partial charge in [0, 0.05) is 12.6 Å². The molecule has 1 rings (SSSR count). The molecule has 1 aliphatic carbocycles. The van der Waals surface area contributed by atoms with Crippen molar-refractivity contribution in [1.29, 1.82) is 0 Å². The molecule has 0 aliphatic heterocycles. The van der Waals surface area contributed by atoms with Gasteiger partial charge in [0.25, 0.3) is 0 Å². The normalized spacial score (nSPS) is 17.6. The first kappa shape index (κ1) is 15.0. The van der Waals surface area contributed by atoms with E-state index in [-0.39, 0.29) is 12.5 Å². The summed E-state index contributed by atoms with van der Waals surface area (Å²) in [5.74, 6) is -0.261. The third kappa shape index (κ3) is 6.59. The number of hydrogen-bond acceptors (Lipinski definition) is 3. The van der Waals surface area contributed by atoms with Crippen molar-refractivity contribution in [2.45, 2.75) is 57.9 Å². The summed E-state index contributed by atoms with van der Waals surface area (Å²) < 4.78 is 0. The lowest BCUT2D eigenvalue weighted by Crippen LogP contribution is -2.45. The second-order valence-corrected chi connectivity index (χ2v) is 4.83. The van der Waals surface area contributed by atoms with E-state index in [2.05, 4.69) is 16.0 Å². The Morgan fingerprint density at radius 1 is 1.06 bits per heavy atom. The summed E-state index contributed by atoms with van der Waals surface area (Å²) in [5.41, 5.74) is 0. The third-order valence-corrected chi connectivity index (χ3v) is 3.25. The van der Waals surface area contributed by atoms with Gasteiger partial charge in [0.2, 0.25) is 5.91 Å². The average molecular weight is 255 g/mol. The first-order valence-corrected chi connectivity index (χ1v) is 7.03. The SMILES string of the molecule is CCNC(=O)NC(=O)CNC1CCCCCCC1. The van der Waals surface area contributed by atoms with E-state index in [9.17, 15) is 9.59 Å². The van der Waals surface area contributed by atoms with Crippen LogP contribution in [0.2, 0.25) is 0 Å². The molecule has 1 aliphatic rings. The van der Waals surface area contributed by atoms with Gasteiger partial charge in [-0.05, 0) is 19.8 Å². The predicted octanol–water partition coefficient (Wildman–Crippen LogP) is 1.53. The molecule has 0 bridgehead atoms. The number of carbonyl (C=O) groups excluding carboxylic acids is 2. The van der Waals surface area contributed by atoms with Crippen molar-refractivity contribution in [3.8, 4) is 0 Å². The van der Waals surface area contributed by atoms with Crippen LogP contribution in [-0.4, -0.2) is 31.1 Å². The lowest BCUT2D eigenvalue weighted by molar-refractivity contribution is -0.119. The summed E-state index contributed by atoms with van der Waals surface area (Å²) in [5, 5.41) is 8.08. The first-order valence-electron chi connectivity index (χ1n) is 7.03. The number of rotatable bonds is 4. The van der Waals surface area contributed by atoms with E-state index < -0.39 is 6.03 Å². The molecule has 3 amide bonds. The van der Waals surface area contributed by atoms with Crippen molar-refractivity contribution in [1.82, 2.24) is 16.0 Å². The fraction of sp³-hybridized carbons (Fsp3) is 0.846. The Balaban J connectivity index is 2.17. The van der Waals surface area contributed by atoms with Crippen molar-refractivity contribution in [3.63, 3.8) is 0 Å². The molecule has 5 nitrogen and oxygen atoms in total. The van der Waals surface area contributed by atoms with Gasteiger partial charge in [-0.25, -0.2) is 4.79 Å². The van der Waals surface area contributed by atoms with Crippen LogP contribution in [0.25, 0.3) is 0 Å². The maximum Gasteiger partial charge on any atom is 0.321 e. The number of carbonyl (C=O) groups is 2. The lowest BCUT2D eigenvalue weighted by Gasteiger charge is -2.20. The van der Waals surface area contributed by atoms with Crippen molar-refractivity contribution in [2.75, 3.05) is 13.1 Å². The zero-order chi connectivity index (χ0) is 13.2. The molecule has 5 heteroatoms. The summed E-state index contributed by atoms with van der Waals surface area (Å²) in [6, 6.07) is 0.00672. The van der Waals surface area contributed by atoms with Gasteiger partial charge in [-0.1, -0.05) is 32.1 Å². The van der Waals surface area contributed by atoms with E-state index in [4.69, 9.17) is 0 Å². The Bertz CT molecular complexity index is 261. The van der Waals surface area contributed by atoms with Gasteiger partial charge in [0.05, 0.1) is 6.54 Å². The highest BCUT2D eigenvalue weighted by Crippen LogP contribution is 2.16. The maximum atomic E-state index is 11.5. The second-order valence-electron chi connectivity index (χ2n) is 4.83. The van der Waals surface area contributed by atoms with E-state index in [0.717, 1.165) is 12.8 Å². The van der Waals surface area contributed by atoms with Gasteiger partial charge < -0.3 is 10.6 Å². The molecule has 0 unspecified atom stereocenters. The molecule has 18 heavy (non-hydrogen) atoms. The van der Waals surface area contributed by atoms with Gasteiger partial charge in [-0.3, -0.25) is 10.1 Å². The highest BCUT2D eigenvalue weighted by atomic mass is 16.2. The van der Waals surface area contributed by atoms with Crippen LogP contribution in [0.3, 0.4) is 0 Å². The highest BCUT2D eigenvalue weighted by Gasteiger charge is 2.13. The predicted molar refractivity (Wildman–Crippen MR) is 71.3 cm³/mol. The number of nitrogens with one attached hydrogen (secondary N) is 3. The molecule has 0 aromatic rings. The molecule has 0 spiro atoms. The van der Waals surface area contributed by atoms with E-state index in [0.29, 0.717) is 12.6 Å². The van der Waals surface area contributed by atoms with Crippen LogP contribution in [0.4, 0.5) is 4.79 Å². The minimum Gasteiger partial charge on any atom is -0.338 e. The highest BCUT2D eigenvalue weighted by molar-refractivity contribution is 5.95. The summed E-state index contributed by atoms with van der Waals surface area (Å²) in [6.07, 6.45) is 8.66. The number of urea groups is 1. The zero-order valence-electron chi connectivity index (χ0n) is 11.3. The largest absolute Gasteiger partial charge is 0.338 e. The molecule has 0 aromatic heterocycles. The summed E-state index contributed by atoms with van der Waals surface area (Å²) in [6.45, 7) is 2.56. The first-order chi connectivity index (χ1) is 8.72. The van der Waals surface area contributed by atoms with Crippen molar-refractivity contribution in [2.24, 2.45) is 0 Å². The fourth-order valence-corrected chi connectivity index (χ4v) is 2.27. The van der Waals surface area contributed by atoms with Crippen LogP contribution < -0.4 is 16.0 Å². The molecular formula is C13H25N3O2. The Morgan fingerprint density at radius 2 is 1.67 bits per heavy atom. The molecule has 3 N–H and O–H groups in total. The van der Waals surface area contributed by atoms with Gasteiger partial charge in [-0.2, -0.15) is 0 Å². The average Bonchev–Trinajstić information content (AvgIpc) is 2.27. The van der Waals surface area contributed by atoms with Crippen LogP contribution in [0.15, 0.2) is 0 Å². The Hall–Kier alpha value is -1.10. The quantitative estimate of drug-likeness (QED) is 0.713. The van der Waals surface area contributed by atoms with Crippen molar-refractivity contribution < 1.29 is 9.59 Å². The molecule has 0 heterocycles. The van der Waals surface area contributed by atoms with Crippen LogP contribution >= 0.6 is 0 Å². The smallest absolute Gasteiger partial charge is 0.321 e. The number of amides is 3. The van der Waals surface area contributed by atoms with E-state index in [1.165, 1.54) is 32.1 Å². The van der Waals surface area contributed by atoms with Crippen LogP contribution in [0.1, 0.15) is 51.9 Å². The molecule has 0 radical (unpaired) electrons. The summed E-state index contributed by atoms with van der Waals surface area (Å²) in [7, 11) is 0. The molecule has 0 aromatic carbocycles. The zero-order valence-corrected chi connectivity index (χ0v) is 11.3. The minimum absolute atomic E-state index is 0.224. The second kappa shape index (κ2) is 8.91. The van der Waals surface area contributed by atoms with Crippen LogP contribution in [-0.2, 0) is 4.79 Å². The van der Waals surface area contributed by atoms with Gasteiger partial charge >= 0.3 is 6.03 Å². The van der Waals surface area contributed by atoms with Gasteiger partial charge in [0.15, 0.2) is 0 Å². The molecule has 0 atom stereocenters. The lowest BCUT2D eigenvalue weighted by atomic mass is 9.97. The van der Waals surface area contributed by atoms with Crippen molar-refractivity contribution in [3.05, 3.63) is 0 Å². The fourth-order valence-electron chi connectivity index (χ4n) is 2.27. The molecule has 104 valence electrons. The van der Waals surface area contributed by atoms with E-state index in [1.54, 1.807) is 0 Å². The van der Waals surface area contributed by atoms with Crippen LogP contribution in [0, 0.1) is 0 Å². The molecule has 1 saturated carbocycles. The molecule has 0 saturated heterocycles. The Morgan fingerprint density at radius 3 is 2.28 bits per heavy atom. The van der Waals surface area contributed by atoms with Gasteiger partial charge in [0.1, 0.15) is 0 Å². The number of imide groups is 1. The van der Waals surface area contributed by atoms with Gasteiger partial charge in [-0.15, -0.1) is 0 Å². The summed E-state index contributed by atoms with van der Waals surface area (Å²) in [4.78, 5) is 22.6. The third-order valence-electron chi connectivity index (χ3n) is 3.25. The van der Waals surface area contributed by atoms with Crippen molar-refractivity contribution >= 4 is 11.9 Å². The monoisotopic (exact) mass is 255 g/mol. The standard InChI is InChI=1S/C13H25N3O2/c1-2-14-13(18)16-12(17)10-15-11-8-6-4-3-5-7-9-11/h11,15H,2-10H2,1H3,(H2,14,16,17,18). The number of hydrogen-bond donors (Lipinski definition) is 3. The maximum absolute atomic E-state index is 11.5. The minimum atomic E-state index is -0.415. The topological polar surface area (TPSA) is 70.2 Å².